The number of carbonyl (C=O) groups is 2. The number of aldehydes is 1. The molecule has 0 unspecified atom stereocenters. The summed E-state index contributed by atoms with van der Waals surface area (Å²) in [4.78, 5) is 22.6. The second-order valence-corrected chi connectivity index (χ2v) is 7.18. The zero-order valence-electron chi connectivity index (χ0n) is 13.7. The van der Waals surface area contributed by atoms with Crippen LogP contribution < -0.4 is 5.32 Å². The third-order valence-corrected chi connectivity index (χ3v) is 3.49. The zero-order chi connectivity index (χ0) is 20.6. The Morgan fingerprint density at radius 1 is 1.04 bits per heavy atom. The van der Waals surface area contributed by atoms with Crippen LogP contribution in [0.25, 0.3) is 0 Å². The minimum Gasteiger partial charge on any atom is -0.444 e. The Morgan fingerprint density at radius 3 is 1.92 bits per heavy atom. The van der Waals surface area contributed by atoms with E-state index in [0.717, 1.165) is 11.4 Å². The largest absolute Gasteiger partial charge is 0.444 e. The number of ether oxygens (including phenoxy) is 1. The van der Waals surface area contributed by atoms with Crippen molar-refractivity contribution in [3.8, 4) is 0 Å². The molecule has 0 aliphatic carbocycles. The number of carbonyl (C=O) groups excluding carboxylic acids is 2. The molecule has 1 rings (SSSR count). The number of benzene rings is 1. The molecule has 1 aromatic carbocycles. The number of halogens is 7. The van der Waals surface area contributed by atoms with Gasteiger partial charge in [-0.05, 0) is 44.5 Å². The predicted molar refractivity (Wildman–Crippen MR) is 82.7 cm³/mol. The van der Waals surface area contributed by atoms with Crippen molar-refractivity contribution in [2.75, 3.05) is 0 Å². The van der Waals surface area contributed by atoms with E-state index in [-0.39, 0.29) is 10.8 Å². The van der Waals surface area contributed by atoms with Gasteiger partial charge in [-0.15, -0.1) is 0 Å². The van der Waals surface area contributed by atoms with E-state index in [1.807, 2.05) is 0 Å². The lowest BCUT2D eigenvalue weighted by Gasteiger charge is -2.38. The van der Waals surface area contributed by atoms with E-state index in [9.17, 15) is 35.9 Å². The quantitative estimate of drug-likeness (QED) is 0.515. The fourth-order valence-corrected chi connectivity index (χ4v) is 2.57. The molecule has 0 aromatic heterocycles. The van der Waals surface area contributed by atoms with Gasteiger partial charge in [0.2, 0.25) is 0 Å². The van der Waals surface area contributed by atoms with Gasteiger partial charge in [-0.1, -0.05) is 15.9 Å². The third kappa shape index (κ3) is 4.68. The molecule has 0 aliphatic heterocycles. The molecule has 0 aliphatic rings. The van der Waals surface area contributed by atoms with Crippen molar-refractivity contribution < 1.29 is 40.7 Å². The minimum atomic E-state index is -5.98. The number of rotatable bonds is 3. The lowest BCUT2D eigenvalue weighted by Crippen LogP contribution is -2.65. The SMILES string of the molecule is CC(C)(C)OC(=O)NC(c1cc(Br)cc(C=O)c1)(C(F)(F)F)C(F)(F)F. The van der Waals surface area contributed by atoms with Gasteiger partial charge in [-0.3, -0.25) is 10.1 Å². The number of alkyl carbamates (subject to hydrolysis) is 1. The lowest BCUT2D eigenvalue weighted by atomic mass is 9.87. The van der Waals surface area contributed by atoms with Crippen LogP contribution in [0.3, 0.4) is 0 Å². The highest BCUT2D eigenvalue weighted by Crippen LogP contribution is 2.50. The van der Waals surface area contributed by atoms with Crippen LogP contribution in [0.2, 0.25) is 0 Å². The maximum absolute atomic E-state index is 13.6. The average Bonchev–Trinajstić information content (AvgIpc) is 2.39. The second kappa shape index (κ2) is 7.09. The number of nitrogens with one attached hydrogen (secondary N) is 1. The fourth-order valence-electron chi connectivity index (χ4n) is 2.06. The van der Waals surface area contributed by atoms with Crippen LogP contribution in [0, 0.1) is 0 Å². The Kier molecular flexibility index (Phi) is 6.07. The molecule has 1 aromatic rings. The summed E-state index contributed by atoms with van der Waals surface area (Å²) in [5, 5.41) is 0.914. The van der Waals surface area contributed by atoms with Gasteiger partial charge in [0.15, 0.2) is 0 Å². The third-order valence-electron chi connectivity index (χ3n) is 3.03. The van der Waals surface area contributed by atoms with E-state index in [2.05, 4.69) is 20.7 Å². The zero-order valence-corrected chi connectivity index (χ0v) is 15.3. The molecular formula is C15H14BrF6NO3. The van der Waals surface area contributed by atoms with Gasteiger partial charge >= 0.3 is 18.4 Å². The van der Waals surface area contributed by atoms with Gasteiger partial charge in [-0.25, -0.2) is 4.79 Å². The summed E-state index contributed by atoms with van der Waals surface area (Å²) >= 11 is 2.76. The summed E-state index contributed by atoms with van der Waals surface area (Å²) in [7, 11) is 0. The van der Waals surface area contributed by atoms with E-state index in [1.54, 1.807) is 0 Å². The Hall–Kier alpha value is -1.78. The van der Waals surface area contributed by atoms with Crippen LogP contribution in [0.15, 0.2) is 22.7 Å². The van der Waals surface area contributed by atoms with Gasteiger partial charge in [0.05, 0.1) is 0 Å². The molecule has 4 nitrogen and oxygen atoms in total. The van der Waals surface area contributed by atoms with E-state index < -0.39 is 40.7 Å². The molecule has 11 heteroatoms. The summed E-state index contributed by atoms with van der Waals surface area (Å²) in [6.45, 7) is 3.83. The molecule has 0 saturated carbocycles. The smallest absolute Gasteiger partial charge is 0.424 e. The van der Waals surface area contributed by atoms with Gasteiger partial charge < -0.3 is 4.74 Å². The first-order chi connectivity index (χ1) is 11.5. The summed E-state index contributed by atoms with van der Waals surface area (Å²) < 4.78 is 86.1. The number of hydrogen-bond donors (Lipinski definition) is 1. The highest BCUT2D eigenvalue weighted by Gasteiger charge is 2.73. The summed E-state index contributed by atoms with van der Waals surface area (Å²) in [6, 6.07) is 1.95. The molecule has 0 heterocycles. The molecule has 1 amide bonds. The molecular weight excluding hydrogens is 436 g/mol. The van der Waals surface area contributed by atoms with E-state index in [0.29, 0.717) is 12.1 Å². The predicted octanol–water partition coefficient (Wildman–Crippen LogP) is 5.11. The fraction of sp³-hybridized carbons (Fsp3) is 0.467. The minimum absolute atomic E-state index is 0.0826. The molecule has 1 N–H and O–H groups in total. The first kappa shape index (κ1) is 22.3. The van der Waals surface area contributed by atoms with Crippen molar-refractivity contribution in [3.05, 3.63) is 33.8 Å². The van der Waals surface area contributed by atoms with Crippen LogP contribution in [0.1, 0.15) is 36.7 Å². The normalized spacial score (nSPS) is 13.3. The van der Waals surface area contributed by atoms with E-state index in [4.69, 9.17) is 0 Å². The molecule has 0 bridgehead atoms. The van der Waals surface area contributed by atoms with Crippen LogP contribution in [0.4, 0.5) is 31.1 Å². The van der Waals surface area contributed by atoms with Crippen LogP contribution in [0.5, 0.6) is 0 Å². The average molecular weight is 450 g/mol. The van der Waals surface area contributed by atoms with Gasteiger partial charge in [0.25, 0.3) is 5.54 Å². The van der Waals surface area contributed by atoms with Crippen LogP contribution >= 0.6 is 15.9 Å². The van der Waals surface area contributed by atoms with Crippen LogP contribution in [-0.4, -0.2) is 30.3 Å². The van der Waals surface area contributed by atoms with Gasteiger partial charge in [0.1, 0.15) is 11.9 Å². The van der Waals surface area contributed by atoms with Crippen molar-refractivity contribution in [2.24, 2.45) is 0 Å². The molecule has 0 fully saturated rings. The standard InChI is InChI=1S/C15H14BrF6NO3/c1-12(2,3)26-11(25)23-13(14(17,18)19,15(20,21)22)9-4-8(7-24)5-10(16)6-9/h4-7H,1-3H3,(H,23,25). The maximum atomic E-state index is 13.6. The van der Waals surface area contributed by atoms with Crippen LogP contribution in [-0.2, 0) is 10.3 Å². The van der Waals surface area contributed by atoms with E-state index >= 15 is 0 Å². The van der Waals surface area contributed by atoms with Crippen molar-refractivity contribution >= 4 is 28.3 Å². The number of amides is 1. The van der Waals surface area contributed by atoms with Gasteiger partial charge in [0, 0.05) is 10.0 Å². The lowest BCUT2D eigenvalue weighted by molar-refractivity contribution is -0.311. The van der Waals surface area contributed by atoms with Crippen molar-refractivity contribution in [1.29, 1.82) is 0 Å². The summed E-state index contributed by atoms with van der Waals surface area (Å²) in [5.41, 5.74) is -7.94. The molecule has 0 atom stereocenters. The molecule has 26 heavy (non-hydrogen) atoms. The monoisotopic (exact) mass is 449 g/mol. The summed E-state index contributed by atoms with van der Waals surface area (Å²) in [5.74, 6) is 0. The molecule has 0 saturated heterocycles. The second-order valence-electron chi connectivity index (χ2n) is 6.26. The molecule has 0 radical (unpaired) electrons. The van der Waals surface area contributed by atoms with E-state index in [1.165, 1.54) is 20.8 Å². The molecule has 0 spiro atoms. The summed E-state index contributed by atoms with van der Waals surface area (Å²) in [6.07, 6.45) is -13.8. The van der Waals surface area contributed by atoms with Crippen molar-refractivity contribution in [2.45, 2.75) is 44.3 Å². The Balaban J connectivity index is 3.69. The number of alkyl halides is 6. The maximum Gasteiger partial charge on any atom is 0.424 e. The Labute approximate surface area is 153 Å². The van der Waals surface area contributed by atoms with Crippen molar-refractivity contribution in [3.63, 3.8) is 0 Å². The Bertz CT molecular complexity index is 680. The first-order valence-electron chi connectivity index (χ1n) is 6.94. The molecule has 146 valence electrons. The number of hydrogen-bond acceptors (Lipinski definition) is 3. The Morgan fingerprint density at radius 2 is 1.54 bits per heavy atom. The topological polar surface area (TPSA) is 55.4 Å². The van der Waals surface area contributed by atoms with Gasteiger partial charge in [-0.2, -0.15) is 26.3 Å². The van der Waals surface area contributed by atoms with Crippen molar-refractivity contribution in [1.82, 2.24) is 5.32 Å². The first-order valence-corrected chi connectivity index (χ1v) is 7.73. The highest BCUT2D eigenvalue weighted by atomic mass is 79.9. The highest BCUT2D eigenvalue weighted by molar-refractivity contribution is 9.10.